The van der Waals surface area contributed by atoms with Gasteiger partial charge < -0.3 is 24.8 Å². The van der Waals surface area contributed by atoms with Crippen LogP contribution in [0.2, 0.25) is 0 Å². The lowest BCUT2D eigenvalue weighted by Gasteiger charge is -2.24. The van der Waals surface area contributed by atoms with E-state index in [4.69, 9.17) is 9.47 Å². The number of carbonyl (C=O) groups excluding carboxylic acids is 2. The fraction of sp³-hybridized carbons (Fsp3) is 0.444. The number of hydrogen-bond acceptors (Lipinski definition) is 5. The molecule has 2 amide bonds. The van der Waals surface area contributed by atoms with Crippen molar-refractivity contribution in [3.8, 4) is 11.1 Å². The van der Waals surface area contributed by atoms with Gasteiger partial charge in [0.05, 0.1) is 0 Å². The first kappa shape index (κ1) is 26.1. The first-order valence-corrected chi connectivity index (χ1v) is 11.8. The van der Waals surface area contributed by atoms with Crippen LogP contribution in [-0.2, 0) is 14.3 Å². The lowest BCUT2D eigenvalue weighted by molar-refractivity contribution is -0.139. The lowest BCUT2D eigenvalue weighted by Crippen LogP contribution is -2.41. The summed E-state index contributed by atoms with van der Waals surface area (Å²) in [7, 11) is 1.64. The number of unbranched alkanes of at least 4 members (excludes halogenated alkanes) is 1. The van der Waals surface area contributed by atoms with Crippen LogP contribution < -0.4 is 5.32 Å². The molecule has 1 aliphatic carbocycles. The molecule has 2 aromatic carbocycles. The fourth-order valence-electron chi connectivity index (χ4n) is 4.17. The Morgan fingerprint density at radius 2 is 1.57 bits per heavy atom. The molecule has 8 heteroatoms. The number of nitrogens with one attached hydrogen (secondary N) is 1. The highest BCUT2D eigenvalue weighted by Crippen LogP contribution is 2.44. The summed E-state index contributed by atoms with van der Waals surface area (Å²) in [5.41, 5.74) is 3.84. The van der Waals surface area contributed by atoms with Crippen molar-refractivity contribution in [2.24, 2.45) is 0 Å². The predicted molar refractivity (Wildman–Crippen MR) is 132 cm³/mol. The molecule has 0 saturated heterocycles. The van der Waals surface area contributed by atoms with Crippen LogP contribution in [0.1, 0.15) is 57.1 Å². The molecule has 35 heavy (non-hydrogen) atoms. The van der Waals surface area contributed by atoms with Gasteiger partial charge in [-0.25, -0.2) is 14.4 Å². The normalized spacial score (nSPS) is 13.4. The van der Waals surface area contributed by atoms with Crippen molar-refractivity contribution in [1.29, 1.82) is 0 Å². The second-order valence-electron chi connectivity index (χ2n) is 9.76. The average molecular weight is 483 g/mol. The van der Waals surface area contributed by atoms with Gasteiger partial charge in [0.25, 0.3) is 0 Å². The zero-order valence-electron chi connectivity index (χ0n) is 20.7. The van der Waals surface area contributed by atoms with E-state index < -0.39 is 29.8 Å². The van der Waals surface area contributed by atoms with Gasteiger partial charge in [-0.05, 0) is 62.3 Å². The number of benzene rings is 2. The Bertz CT molecular complexity index is 1020. The van der Waals surface area contributed by atoms with Crippen LogP contribution in [0.4, 0.5) is 9.59 Å². The molecule has 0 aromatic heterocycles. The second-order valence-corrected chi connectivity index (χ2v) is 9.76. The van der Waals surface area contributed by atoms with Crippen LogP contribution in [-0.4, -0.2) is 60.0 Å². The summed E-state index contributed by atoms with van der Waals surface area (Å²) in [5.74, 6) is -1.22. The number of rotatable bonds is 9. The van der Waals surface area contributed by atoms with Crippen LogP contribution in [0.25, 0.3) is 11.1 Å². The number of hydrogen-bond donors (Lipinski definition) is 2. The van der Waals surface area contributed by atoms with E-state index in [9.17, 15) is 19.5 Å². The van der Waals surface area contributed by atoms with Gasteiger partial charge in [-0.15, -0.1) is 0 Å². The van der Waals surface area contributed by atoms with E-state index in [-0.39, 0.29) is 18.9 Å². The van der Waals surface area contributed by atoms with Crippen LogP contribution in [0.15, 0.2) is 48.5 Å². The minimum absolute atomic E-state index is 0.0974. The zero-order valence-corrected chi connectivity index (χ0v) is 20.7. The van der Waals surface area contributed by atoms with Gasteiger partial charge in [0.15, 0.2) is 0 Å². The fourth-order valence-corrected chi connectivity index (χ4v) is 4.17. The molecule has 0 saturated carbocycles. The van der Waals surface area contributed by atoms with Crippen molar-refractivity contribution in [2.45, 2.75) is 57.6 Å². The Morgan fingerprint density at radius 1 is 1.00 bits per heavy atom. The standard InChI is InChI=1S/C27H34N2O6/c1-27(2,3)35-26(33)29(4)16-10-9-15-23(24(30)31)28-25(32)34-17-22-20-13-7-5-11-18(20)19-12-6-8-14-21(19)22/h5-8,11-14,22-23H,9-10,15-17H2,1-4H3,(H,28,32)(H,30,31)/t23-/m1/s1. The van der Waals surface area contributed by atoms with E-state index >= 15 is 0 Å². The highest BCUT2D eigenvalue weighted by Gasteiger charge is 2.29. The zero-order chi connectivity index (χ0) is 25.6. The van der Waals surface area contributed by atoms with Crippen molar-refractivity contribution in [2.75, 3.05) is 20.2 Å². The molecule has 188 valence electrons. The topological polar surface area (TPSA) is 105 Å². The van der Waals surface area contributed by atoms with Crippen molar-refractivity contribution in [3.63, 3.8) is 0 Å². The molecule has 3 rings (SSSR count). The summed E-state index contributed by atoms with van der Waals surface area (Å²) in [6, 6.07) is 15.0. The highest BCUT2D eigenvalue weighted by molar-refractivity contribution is 5.81. The summed E-state index contributed by atoms with van der Waals surface area (Å²) >= 11 is 0. The molecule has 1 atom stereocenters. The summed E-state index contributed by atoms with van der Waals surface area (Å²) in [5, 5.41) is 12.0. The summed E-state index contributed by atoms with van der Waals surface area (Å²) in [6.45, 7) is 5.93. The minimum atomic E-state index is -1.13. The maximum Gasteiger partial charge on any atom is 0.410 e. The van der Waals surface area contributed by atoms with Gasteiger partial charge in [0.2, 0.25) is 0 Å². The maximum atomic E-state index is 12.4. The number of fused-ring (bicyclic) bond motifs is 3. The molecular formula is C27H34N2O6. The van der Waals surface area contributed by atoms with Crippen LogP contribution in [0, 0.1) is 0 Å². The van der Waals surface area contributed by atoms with Crippen LogP contribution >= 0.6 is 0 Å². The Kier molecular flexibility index (Phi) is 8.38. The van der Waals surface area contributed by atoms with Gasteiger partial charge in [-0.2, -0.15) is 0 Å². The van der Waals surface area contributed by atoms with Crippen LogP contribution in [0.3, 0.4) is 0 Å². The smallest absolute Gasteiger partial charge is 0.410 e. The van der Waals surface area contributed by atoms with Crippen LogP contribution in [0.5, 0.6) is 0 Å². The molecule has 0 radical (unpaired) electrons. The van der Waals surface area contributed by atoms with E-state index in [1.165, 1.54) is 4.90 Å². The number of alkyl carbamates (subject to hydrolysis) is 1. The predicted octanol–water partition coefficient (Wildman–Crippen LogP) is 5.02. The first-order chi connectivity index (χ1) is 16.6. The van der Waals surface area contributed by atoms with Crippen molar-refractivity contribution in [3.05, 3.63) is 59.7 Å². The third-order valence-corrected chi connectivity index (χ3v) is 5.88. The maximum absolute atomic E-state index is 12.4. The van der Waals surface area contributed by atoms with Crippen molar-refractivity contribution in [1.82, 2.24) is 10.2 Å². The van der Waals surface area contributed by atoms with E-state index in [2.05, 4.69) is 17.4 Å². The summed E-state index contributed by atoms with van der Waals surface area (Å²) < 4.78 is 10.8. The minimum Gasteiger partial charge on any atom is -0.480 e. The Hall–Kier alpha value is -3.55. The number of aliphatic carboxylic acids is 1. The quantitative estimate of drug-likeness (QED) is 0.487. The van der Waals surface area contributed by atoms with E-state index in [0.29, 0.717) is 19.4 Å². The molecule has 8 nitrogen and oxygen atoms in total. The molecule has 0 spiro atoms. The lowest BCUT2D eigenvalue weighted by atomic mass is 9.98. The molecule has 0 aliphatic heterocycles. The molecule has 0 bridgehead atoms. The number of amides is 2. The van der Waals surface area contributed by atoms with Gasteiger partial charge in [0.1, 0.15) is 18.2 Å². The molecule has 0 heterocycles. The number of carbonyl (C=O) groups is 3. The second kappa shape index (κ2) is 11.3. The Morgan fingerprint density at radius 3 is 2.11 bits per heavy atom. The SMILES string of the molecule is CN(CCCC[C@@H](NC(=O)OCC1c2ccccc2-c2ccccc21)C(=O)O)C(=O)OC(C)(C)C. The molecule has 0 unspecified atom stereocenters. The first-order valence-electron chi connectivity index (χ1n) is 11.8. The average Bonchev–Trinajstić information content (AvgIpc) is 3.12. The number of nitrogens with zero attached hydrogens (tertiary/aromatic N) is 1. The third kappa shape index (κ3) is 6.97. The summed E-state index contributed by atoms with van der Waals surface area (Å²) in [4.78, 5) is 37.6. The van der Waals surface area contributed by atoms with E-state index in [1.54, 1.807) is 27.8 Å². The Balaban J connectivity index is 1.48. The Labute approximate surface area is 206 Å². The monoisotopic (exact) mass is 482 g/mol. The number of carboxylic acid groups (broad SMARTS) is 1. The highest BCUT2D eigenvalue weighted by atomic mass is 16.6. The third-order valence-electron chi connectivity index (χ3n) is 5.88. The molecule has 1 aliphatic rings. The van der Waals surface area contributed by atoms with Gasteiger partial charge in [0, 0.05) is 19.5 Å². The molecular weight excluding hydrogens is 448 g/mol. The number of ether oxygens (including phenoxy) is 2. The number of carboxylic acids is 1. The summed E-state index contributed by atoms with van der Waals surface area (Å²) in [6.07, 6.45) is 0.121. The largest absolute Gasteiger partial charge is 0.480 e. The van der Waals surface area contributed by atoms with E-state index in [0.717, 1.165) is 22.3 Å². The van der Waals surface area contributed by atoms with Crippen molar-refractivity contribution >= 4 is 18.2 Å². The van der Waals surface area contributed by atoms with Gasteiger partial charge in [-0.3, -0.25) is 0 Å². The van der Waals surface area contributed by atoms with E-state index in [1.807, 2.05) is 36.4 Å². The molecule has 0 fully saturated rings. The molecule has 2 aromatic rings. The van der Waals surface area contributed by atoms with Gasteiger partial charge >= 0.3 is 18.2 Å². The molecule has 2 N–H and O–H groups in total. The van der Waals surface area contributed by atoms with Crippen molar-refractivity contribution < 1.29 is 29.0 Å². The van der Waals surface area contributed by atoms with Gasteiger partial charge in [-0.1, -0.05) is 48.5 Å².